The number of hydrogen-bond acceptors (Lipinski definition) is 2. The highest BCUT2D eigenvalue weighted by molar-refractivity contribution is 9.08. The molecule has 0 aliphatic rings. The van der Waals surface area contributed by atoms with Gasteiger partial charge in [0.2, 0.25) is 0 Å². The quantitative estimate of drug-likeness (QED) is 0.744. The Kier molecular flexibility index (Phi) is 3.32. The molecule has 1 aromatic carbocycles. The molecule has 0 bridgehead atoms. The Bertz CT molecular complexity index is 355. The Hall–Kier alpha value is -1.01. The van der Waals surface area contributed by atoms with Crippen molar-refractivity contribution >= 4 is 15.9 Å². The zero-order valence-corrected chi connectivity index (χ0v) is 9.18. The van der Waals surface area contributed by atoms with Gasteiger partial charge in [-0.15, -0.1) is 0 Å². The average Bonchev–Trinajstić information content (AvgIpc) is 2.17. The number of halogens is 1. The average molecular weight is 240 g/mol. The number of hydrogen-bond donors (Lipinski definition) is 0. The van der Waals surface area contributed by atoms with Crippen LogP contribution in [0.15, 0.2) is 12.1 Å². The lowest BCUT2D eigenvalue weighted by molar-refractivity contribution is 0.411. The van der Waals surface area contributed by atoms with Crippen LogP contribution in [0.3, 0.4) is 0 Å². The van der Waals surface area contributed by atoms with E-state index in [9.17, 15) is 0 Å². The van der Waals surface area contributed by atoms with E-state index < -0.39 is 0 Å². The van der Waals surface area contributed by atoms with Crippen molar-refractivity contribution in [2.24, 2.45) is 0 Å². The molecule has 0 saturated carbocycles. The van der Waals surface area contributed by atoms with Crippen molar-refractivity contribution < 1.29 is 4.74 Å². The van der Waals surface area contributed by atoms with Gasteiger partial charge >= 0.3 is 0 Å². The molecule has 0 radical (unpaired) electrons. The van der Waals surface area contributed by atoms with E-state index in [0.29, 0.717) is 10.9 Å². The third kappa shape index (κ3) is 2.02. The summed E-state index contributed by atoms with van der Waals surface area (Å²) in [5.41, 5.74) is 2.72. The van der Waals surface area contributed by atoms with Crippen molar-refractivity contribution in [2.45, 2.75) is 12.3 Å². The lowest BCUT2D eigenvalue weighted by atomic mass is 10.1. The van der Waals surface area contributed by atoms with Crippen LogP contribution in [0.25, 0.3) is 0 Å². The molecule has 0 fully saturated rings. The van der Waals surface area contributed by atoms with Gasteiger partial charge in [0.1, 0.15) is 5.75 Å². The summed E-state index contributed by atoms with van der Waals surface area (Å²) < 4.78 is 5.12. The molecule has 3 heteroatoms. The van der Waals surface area contributed by atoms with Gasteiger partial charge in [-0.25, -0.2) is 0 Å². The maximum Gasteiger partial charge on any atom is 0.123 e. The summed E-state index contributed by atoms with van der Waals surface area (Å²) in [6.07, 6.45) is 0. The summed E-state index contributed by atoms with van der Waals surface area (Å²) >= 11 is 3.34. The minimum absolute atomic E-state index is 0.666. The van der Waals surface area contributed by atoms with E-state index in [1.54, 1.807) is 13.2 Å². The van der Waals surface area contributed by atoms with Crippen molar-refractivity contribution in [1.82, 2.24) is 0 Å². The zero-order valence-electron chi connectivity index (χ0n) is 7.60. The Morgan fingerprint density at radius 1 is 1.54 bits per heavy atom. The van der Waals surface area contributed by atoms with E-state index in [2.05, 4.69) is 22.0 Å². The molecule has 1 rings (SSSR count). The Morgan fingerprint density at radius 3 is 2.69 bits per heavy atom. The molecule has 0 atom stereocenters. The molecule has 2 nitrogen and oxygen atoms in total. The largest absolute Gasteiger partial charge is 0.496 e. The normalized spacial score (nSPS) is 9.38. The molecule has 0 aliphatic heterocycles. The van der Waals surface area contributed by atoms with Crippen molar-refractivity contribution in [3.8, 4) is 11.8 Å². The first-order valence-electron chi connectivity index (χ1n) is 3.86. The minimum Gasteiger partial charge on any atom is -0.496 e. The van der Waals surface area contributed by atoms with Crippen LogP contribution in [0.4, 0.5) is 0 Å². The molecule has 0 amide bonds. The van der Waals surface area contributed by atoms with Crippen LogP contribution in [-0.2, 0) is 5.33 Å². The summed E-state index contributed by atoms with van der Waals surface area (Å²) in [7, 11) is 1.61. The summed E-state index contributed by atoms with van der Waals surface area (Å²) in [5.74, 6) is 0.765. The molecule has 1 aromatic rings. The number of aryl methyl sites for hydroxylation is 1. The maximum atomic E-state index is 8.83. The second kappa shape index (κ2) is 4.29. The van der Waals surface area contributed by atoms with E-state index in [1.807, 2.05) is 13.0 Å². The fraction of sp³-hybridized carbons (Fsp3) is 0.300. The number of rotatable bonds is 2. The minimum atomic E-state index is 0.666. The molecule has 0 N–H and O–H groups in total. The Morgan fingerprint density at radius 2 is 2.23 bits per heavy atom. The molecule has 0 aromatic heterocycles. The number of benzene rings is 1. The van der Waals surface area contributed by atoms with Crippen LogP contribution in [-0.4, -0.2) is 7.11 Å². The van der Waals surface area contributed by atoms with Gasteiger partial charge in [0.05, 0.1) is 18.7 Å². The van der Waals surface area contributed by atoms with E-state index in [4.69, 9.17) is 10.00 Å². The summed E-state index contributed by atoms with van der Waals surface area (Å²) in [5, 5.41) is 9.53. The first kappa shape index (κ1) is 10.1. The van der Waals surface area contributed by atoms with E-state index in [1.165, 1.54) is 0 Å². The van der Waals surface area contributed by atoms with Crippen molar-refractivity contribution in [3.63, 3.8) is 0 Å². The lowest BCUT2D eigenvalue weighted by Gasteiger charge is -2.07. The Balaban J connectivity index is 3.28. The van der Waals surface area contributed by atoms with E-state index in [-0.39, 0.29) is 0 Å². The van der Waals surface area contributed by atoms with Gasteiger partial charge in [-0.05, 0) is 24.1 Å². The first-order valence-corrected chi connectivity index (χ1v) is 4.98. The molecular formula is C10H10BrNO. The smallest absolute Gasteiger partial charge is 0.123 e. The van der Waals surface area contributed by atoms with Crippen LogP contribution < -0.4 is 4.74 Å². The van der Waals surface area contributed by atoms with Crippen LogP contribution in [0, 0.1) is 18.3 Å². The monoisotopic (exact) mass is 239 g/mol. The van der Waals surface area contributed by atoms with Crippen LogP contribution >= 0.6 is 15.9 Å². The van der Waals surface area contributed by atoms with Gasteiger partial charge in [-0.2, -0.15) is 5.26 Å². The summed E-state index contributed by atoms with van der Waals surface area (Å²) in [6.45, 7) is 1.96. The van der Waals surface area contributed by atoms with E-state index in [0.717, 1.165) is 16.9 Å². The van der Waals surface area contributed by atoms with Crippen LogP contribution in [0.5, 0.6) is 5.75 Å². The number of nitriles is 1. The van der Waals surface area contributed by atoms with Crippen molar-refractivity contribution in [1.29, 1.82) is 5.26 Å². The first-order chi connectivity index (χ1) is 6.22. The molecule has 0 spiro atoms. The van der Waals surface area contributed by atoms with Gasteiger partial charge in [0.25, 0.3) is 0 Å². The van der Waals surface area contributed by atoms with Gasteiger partial charge in [-0.1, -0.05) is 22.0 Å². The highest BCUT2D eigenvalue weighted by Gasteiger charge is 2.05. The predicted octanol–water partition coefficient (Wildman–Crippen LogP) is 2.77. The second-order valence-electron chi connectivity index (χ2n) is 2.72. The predicted molar refractivity (Wildman–Crippen MR) is 55.1 cm³/mol. The summed E-state index contributed by atoms with van der Waals surface area (Å²) in [4.78, 5) is 0. The van der Waals surface area contributed by atoms with Crippen molar-refractivity contribution in [2.75, 3.05) is 7.11 Å². The molecule has 13 heavy (non-hydrogen) atoms. The summed E-state index contributed by atoms with van der Waals surface area (Å²) in [6, 6.07) is 5.87. The van der Waals surface area contributed by atoms with Crippen LogP contribution in [0.1, 0.15) is 16.7 Å². The topological polar surface area (TPSA) is 33.0 Å². The second-order valence-corrected chi connectivity index (χ2v) is 3.29. The molecule has 0 saturated heterocycles. The molecule has 0 aliphatic carbocycles. The fourth-order valence-electron chi connectivity index (χ4n) is 1.18. The molecule has 68 valence electrons. The molecule has 0 unspecified atom stereocenters. The highest BCUT2D eigenvalue weighted by Crippen LogP contribution is 2.23. The zero-order chi connectivity index (χ0) is 9.84. The van der Waals surface area contributed by atoms with Crippen LogP contribution in [0.2, 0.25) is 0 Å². The van der Waals surface area contributed by atoms with Gasteiger partial charge in [0, 0.05) is 5.33 Å². The maximum absolute atomic E-state index is 8.83. The fourth-order valence-corrected chi connectivity index (χ4v) is 1.65. The number of methoxy groups -OCH3 is 1. The number of nitrogens with zero attached hydrogens (tertiary/aromatic N) is 1. The van der Waals surface area contributed by atoms with Gasteiger partial charge in [-0.3, -0.25) is 0 Å². The lowest BCUT2D eigenvalue weighted by Crippen LogP contribution is -1.92. The third-order valence-corrected chi connectivity index (χ3v) is 2.49. The van der Waals surface area contributed by atoms with Crippen molar-refractivity contribution in [3.05, 3.63) is 28.8 Å². The van der Waals surface area contributed by atoms with Gasteiger partial charge in [0.15, 0.2) is 0 Å². The molecular weight excluding hydrogens is 230 g/mol. The highest BCUT2D eigenvalue weighted by atomic mass is 79.9. The number of ether oxygens (including phenoxy) is 1. The van der Waals surface area contributed by atoms with Gasteiger partial charge < -0.3 is 4.74 Å². The SMILES string of the molecule is COc1cc(C#N)c(CBr)cc1C. The van der Waals surface area contributed by atoms with E-state index >= 15 is 0 Å². The Labute approximate surface area is 86.3 Å². The number of alkyl halides is 1. The third-order valence-electron chi connectivity index (χ3n) is 1.89. The standard InChI is InChI=1S/C10H10BrNO/c1-7-3-8(5-11)9(6-12)4-10(7)13-2/h3-4H,5H2,1-2H3. The molecule has 0 heterocycles.